The standard InChI is InChI=1S/C21H27F4N3O/c1-3-28(14-8-13-27(2)15-16-9-5-4-6-10-16)20(29)26-18-12-7-11-17(19(18)22)21(23,24)25/h4-7,9-12,18-19H,3,8,13-15H2,1-2H3,(H,26,29). The van der Waals surface area contributed by atoms with E-state index >= 15 is 0 Å². The van der Waals surface area contributed by atoms with Gasteiger partial charge in [0.1, 0.15) is 0 Å². The Hall–Kier alpha value is -2.35. The SMILES string of the molecule is CCN(CCCN(C)Cc1ccccc1)C(=O)NC1C=CC=C(C(F)(F)F)C1F. The molecule has 0 aliphatic heterocycles. The normalized spacial score (nSPS) is 19.2. The van der Waals surface area contributed by atoms with Crippen LogP contribution in [0.25, 0.3) is 0 Å². The van der Waals surface area contributed by atoms with Crippen LogP contribution in [0.4, 0.5) is 22.4 Å². The lowest BCUT2D eigenvalue weighted by Crippen LogP contribution is -2.50. The van der Waals surface area contributed by atoms with Crippen LogP contribution in [0.15, 0.2) is 54.1 Å². The molecule has 4 nitrogen and oxygen atoms in total. The Morgan fingerprint density at radius 1 is 1.17 bits per heavy atom. The Kier molecular flexibility index (Phi) is 8.25. The molecule has 0 bridgehead atoms. The molecule has 8 heteroatoms. The second-order valence-corrected chi connectivity index (χ2v) is 7.04. The van der Waals surface area contributed by atoms with Crippen LogP contribution in [-0.2, 0) is 6.54 Å². The molecule has 1 aliphatic rings. The first-order valence-corrected chi connectivity index (χ1v) is 9.60. The lowest BCUT2D eigenvalue weighted by Gasteiger charge is -2.29. The topological polar surface area (TPSA) is 35.6 Å². The highest BCUT2D eigenvalue weighted by Gasteiger charge is 2.43. The van der Waals surface area contributed by atoms with Gasteiger partial charge in [0.2, 0.25) is 0 Å². The predicted molar refractivity (Wildman–Crippen MR) is 105 cm³/mol. The van der Waals surface area contributed by atoms with E-state index in [0.717, 1.165) is 19.2 Å². The van der Waals surface area contributed by atoms with Crippen LogP contribution >= 0.6 is 0 Å². The molecule has 0 radical (unpaired) electrons. The molecule has 1 aromatic rings. The molecule has 0 aromatic heterocycles. The smallest absolute Gasteiger partial charge is 0.328 e. The van der Waals surface area contributed by atoms with Crippen molar-refractivity contribution in [2.45, 2.75) is 38.3 Å². The number of benzene rings is 1. The summed E-state index contributed by atoms with van der Waals surface area (Å²) < 4.78 is 52.8. The third-order valence-electron chi connectivity index (χ3n) is 4.76. The van der Waals surface area contributed by atoms with E-state index < -0.39 is 30.0 Å². The zero-order valence-corrected chi connectivity index (χ0v) is 16.6. The molecule has 0 saturated carbocycles. The Balaban J connectivity index is 1.81. The molecule has 1 aliphatic carbocycles. The van der Waals surface area contributed by atoms with Crippen molar-refractivity contribution in [3.05, 3.63) is 59.7 Å². The average Bonchev–Trinajstić information content (AvgIpc) is 2.66. The van der Waals surface area contributed by atoms with Crippen molar-refractivity contribution in [2.24, 2.45) is 0 Å². The van der Waals surface area contributed by atoms with Gasteiger partial charge in [-0.15, -0.1) is 0 Å². The molecular weight excluding hydrogens is 386 g/mol. The quantitative estimate of drug-likeness (QED) is 0.645. The summed E-state index contributed by atoms with van der Waals surface area (Å²) in [6.45, 7) is 4.11. The van der Waals surface area contributed by atoms with E-state index in [1.807, 2.05) is 37.4 Å². The van der Waals surface area contributed by atoms with E-state index in [1.165, 1.54) is 16.5 Å². The molecule has 2 unspecified atom stereocenters. The van der Waals surface area contributed by atoms with Gasteiger partial charge in [-0.05, 0) is 32.5 Å². The number of rotatable bonds is 8. The highest BCUT2D eigenvalue weighted by Crippen LogP contribution is 2.33. The van der Waals surface area contributed by atoms with Crippen molar-refractivity contribution in [2.75, 3.05) is 26.7 Å². The third kappa shape index (κ3) is 6.88. The van der Waals surface area contributed by atoms with E-state index in [4.69, 9.17) is 0 Å². The first-order valence-electron chi connectivity index (χ1n) is 9.60. The molecule has 1 N–H and O–H groups in total. The van der Waals surface area contributed by atoms with Gasteiger partial charge in [-0.3, -0.25) is 0 Å². The number of hydrogen-bond donors (Lipinski definition) is 1. The number of hydrogen-bond acceptors (Lipinski definition) is 2. The van der Waals surface area contributed by atoms with Gasteiger partial charge in [0.25, 0.3) is 0 Å². The molecule has 1 aromatic carbocycles. The summed E-state index contributed by atoms with van der Waals surface area (Å²) in [6.07, 6.45) is -3.33. The van der Waals surface area contributed by atoms with Crippen molar-refractivity contribution in [1.29, 1.82) is 0 Å². The van der Waals surface area contributed by atoms with Gasteiger partial charge in [0.15, 0.2) is 6.17 Å². The molecule has 0 heterocycles. The number of alkyl halides is 4. The van der Waals surface area contributed by atoms with Crippen LogP contribution in [-0.4, -0.2) is 60.9 Å². The number of halogens is 4. The van der Waals surface area contributed by atoms with Crippen molar-refractivity contribution in [3.8, 4) is 0 Å². The van der Waals surface area contributed by atoms with E-state index in [1.54, 1.807) is 6.92 Å². The van der Waals surface area contributed by atoms with Crippen molar-refractivity contribution in [3.63, 3.8) is 0 Å². The van der Waals surface area contributed by atoms with Gasteiger partial charge < -0.3 is 15.1 Å². The lowest BCUT2D eigenvalue weighted by atomic mass is 9.98. The van der Waals surface area contributed by atoms with Crippen LogP contribution in [0.1, 0.15) is 18.9 Å². The summed E-state index contributed by atoms with van der Waals surface area (Å²) >= 11 is 0. The maximum Gasteiger partial charge on any atom is 0.415 e. The zero-order chi connectivity index (χ0) is 21.4. The first kappa shape index (κ1) is 22.9. The molecule has 0 fully saturated rings. The van der Waals surface area contributed by atoms with Crippen LogP contribution in [0.2, 0.25) is 0 Å². The maximum atomic E-state index is 14.2. The largest absolute Gasteiger partial charge is 0.415 e. The number of nitrogens with zero attached hydrogens (tertiary/aromatic N) is 2. The number of allylic oxidation sites excluding steroid dienone is 2. The minimum absolute atomic E-state index is 0.379. The summed E-state index contributed by atoms with van der Waals surface area (Å²) in [6, 6.07) is 8.08. The molecule has 2 atom stereocenters. The number of carbonyl (C=O) groups excluding carboxylic acids is 1. The fourth-order valence-electron chi connectivity index (χ4n) is 3.18. The van der Waals surface area contributed by atoms with Gasteiger partial charge in [-0.1, -0.05) is 48.6 Å². The van der Waals surface area contributed by atoms with E-state index in [9.17, 15) is 22.4 Å². The first-order chi connectivity index (χ1) is 13.7. The van der Waals surface area contributed by atoms with Crippen LogP contribution in [0.5, 0.6) is 0 Å². The summed E-state index contributed by atoms with van der Waals surface area (Å²) in [7, 11) is 1.98. The second-order valence-electron chi connectivity index (χ2n) is 7.04. The number of nitrogens with one attached hydrogen (secondary N) is 1. The summed E-state index contributed by atoms with van der Waals surface area (Å²) in [5.74, 6) is 0. The number of amides is 2. The van der Waals surface area contributed by atoms with Gasteiger partial charge in [-0.25, -0.2) is 9.18 Å². The average molecular weight is 413 g/mol. The van der Waals surface area contributed by atoms with Gasteiger partial charge in [0.05, 0.1) is 11.6 Å². The number of carbonyl (C=O) groups is 1. The molecule has 29 heavy (non-hydrogen) atoms. The van der Waals surface area contributed by atoms with E-state index in [2.05, 4.69) is 10.2 Å². The minimum Gasteiger partial charge on any atom is -0.328 e. The third-order valence-corrected chi connectivity index (χ3v) is 4.76. The predicted octanol–water partition coefficient (Wildman–Crippen LogP) is 4.31. The summed E-state index contributed by atoms with van der Waals surface area (Å²) in [5.41, 5.74) is -0.0948. The van der Waals surface area contributed by atoms with Gasteiger partial charge in [-0.2, -0.15) is 13.2 Å². The Morgan fingerprint density at radius 2 is 1.86 bits per heavy atom. The van der Waals surface area contributed by atoms with Crippen LogP contribution in [0.3, 0.4) is 0 Å². The highest BCUT2D eigenvalue weighted by atomic mass is 19.4. The summed E-state index contributed by atoms with van der Waals surface area (Å²) in [4.78, 5) is 16.0. The van der Waals surface area contributed by atoms with Crippen LogP contribution in [0, 0.1) is 0 Å². The Bertz CT molecular complexity index is 718. The van der Waals surface area contributed by atoms with Crippen molar-refractivity contribution in [1.82, 2.24) is 15.1 Å². The zero-order valence-electron chi connectivity index (χ0n) is 16.6. The monoisotopic (exact) mass is 413 g/mol. The number of urea groups is 1. The Labute approximate surface area is 168 Å². The fourth-order valence-corrected chi connectivity index (χ4v) is 3.18. The van der Waals surface area contributed by atoms with Gasteiger partial charge >= 0.3 is 12.2 Å². The molecule has 0 spiro atoms. The Morgan fingerprint density at radius 3 is 2.48 bits per heavy atom. The molecule has 160 valence electrons. The molecule has 2 amide bonds. The van der Waals surface area contributed by atoms with Gasteiger partial charge in [0, 0.05) is 19.6 Å². The second kappa shape index (κ2) is 10.4. The highest BCUT2D eigenvalue weighted by molar-refractivity contribution is 5.75. The van der Waals surface area contributed by atoms with Crippen LogP contribution < -0.4 is 5.32 Å². The lowest BCUT2D eigenvalue weighted by molar-refractivity contribution is -0.101. The summed E-state index contributed by atoms with van der Waals surface area (Å²) in [5, 5.41) is 2.37. The molecular formula is C21H27F4N3O. The fraction of sp³-hybridized carbons (Fsp3) is 0.476. The minimum atomic E-state index is -4.76. The molecule has 0 saturated heterocycles. The van der Waals surface area contributed by atoms with E-state index in [0.29, 0.717) is 25.6 Å². The van der Waals surface area contributed by atoms with Crippen molar-refractivity contribution >= 4 is 6.03 Å². The molecule has 2 rings (SSSR count). The van der Waals surface area contributed by atoms with E-state index in [-0.39, 0.29) is 0 Å². The maximum absolute atomic E-state index is 14.2. The van der Waals surface area contributed by atoms with Crippen molar-refractivity contribution < 1.29 is 22.4 Å².